The van der Waals surface area contributed by atoms with Crippen molar-refractivity contribution in [3.05, 3.63) is 76.7 Å². The Balaban J connectivity index is 1.71. The minimum Gasteiger partial charge on any atom is -0.497 e. The standard InChI is InChI=1S/C19H20N2O2S/c1-23-16-8-6-15(7-9-16)18(21-10-2-3-11-21)13-19(22)20-14-17-5-4-12-24-17/h2-12,18H,13-14H2,1H3,(H,20,22). The van der Waals surface area contributed by atoms with E-state index in [2.05, 4.69) is 9.88 Å². The van der Waals surface area contributed by atoms with Gasteiger partial charge in [0.05, 0.1) is 26.1 Å². The minimum absolute atomic E-state index is 0.0331. The molecule has 3 aromatic rings. The lowest BCUT2D eigenvalue weighted by Gasteiger charge is -2.19. The molecule has 0 spiro atoms. The molecule has 2 heterocycles. The molecule has 3 rings (SSSR count). The van der Waals surface area contributed by atoms with E-state index in [-0.39, 0.29) is 11.9 Å². The van der Waals surface area contributed by atoms with Gasteiger partial charge >= 0.3 is 0 Å². The van der Waals surface area contributed by atoms with Gasteiger partial charge in [-0.15, -0.1) is 11.3 Å². The number of ether oxygens (including phenoxy) is 1. The van der Waals surface area contributed by atoms with Crippen molar-refractivity contribution in [2.45, 2.75) is 19.0 Å². The summed E-state index contributed by atoms with van der Waals surface area (Å²) in [5, 5.41) is 5.02. The Morgan fingerprint density at radius 3 is 2.54 bits per heavy atom. The second-order valence-corrected chi connectivity index (χ2v) is 6.51. The molecule has 5 heteroatoms. The van der Waals surface area contributed by atoms with Crippen LogP contribution in [0.1, 0.15) is 22.9 Å². The Kier molecular flexibility index (Phi) is 5.33. The lowest BCUT2D eigenvalue weighted by Crippen LogP contribution is -2.26. The molecule has 1 aromatic carbocycles. The molecule has 124 valence electrons. The Hall–Kier alpha value is -2.53. The number of methoxy groups -OCH3 is 1. The van der Waals surface area contributed by atoms with Crippen molar-refractivity contribution in [1.82, 2.24) is 9.88 Å². The van der Waals surface area contributed by atoms with Crippen molar-refractivity contribution in [3.63, 3.8) is 0 Å². The van der Waals surface area contributed by atoms with E-state index in [0.29, 0.717) is 13.0 Å². The van der Waals surface area contributed by atoms with Crippen LogP contribution in [0, 0.1) is 0 Å². The van der Waals surface area contributed by atoms with Gasteiger partial charge in [0.2, 0.25) is 5.91 Å². The molecule has 0 fully saturated rings. The molecule has 1 atom stereocenters. The van der Waals surface area contributed by atoms with Gasteiger partial charge in [0, 0.05) is 17.3 Å². The number of aromatic nitrogens is 1. The number of nitrogens with one attached hydrogen (secondary N) is 1. The quantitative estimate of drug-likeness (QED) is 0.710. The van der Waals surface area contributed by atoms with E-state index in [9.17, 15) is 4.79 Å². The first-order valence-electron chi connectivity index (χ1n) is 7.82. The molecule has 1 amide bonds. The van der Waals surface area contributed by atoms with Crippen LogP contribution in [0.4, 0.5) is 0 Å². The highest BCUT2D eigenvalue weighted by atomic mass is 32.1. The van der Waals surface area contributed by atoms with Crippen molar-refractivity contribution in [3.8, 4) is 5.75 Å². The third-order valence-electron chi connectivity index (χ3n) is 3.91. The predicted octanol–water partition coefficient (Wildman–Crippen LogP) is 3.85. The number of hydrogen-bond donors (Lipinski definition) is 1. The van der Waals surface area contributed by atoms with E-state index < -0.39 is 0 Å². The Morgan fingerprint density at radius 2 is 1.92 bits per heavy atom. The number of benzene rings is 1. The molecule has 0 aliphatic heterocycles. The Morgan fingerprint density at radius 1 is 1.17 bits per heavy atom. The number of carbonyl (C=O) groups excluding carboxylic acids is 1. The predicted molar refractivity (Wildman–Crippen MR) is 96.3 cm³/mol. The van der Waals surface area contributed by atoms with Gasteiger partial charge in [-0.1, -0.05) is 18.2 Å². The van der Waals surface area contributed by atoms with Gasteiger partial charge in [0.1, 0.15) is 5.75 Å². The van der Waals surface area contributed by atoms with E-state index in [1.807, 2.05) is 66.3 Å². The monoisotopic (exact) mass is 340 g/mol. The fraction of sp³-hybridized carbons (Fsp3) is 0.211. The van der Waals surface area contributed by atoms with E-state index in [4.69, 9.17) is 4.74 Å². The van der Waals surface area contributed by atoms with Gasteiger partial charge in [-0.3, -0.25) is 4.79 Å². The molecular formula is C19H20N2O2S. The van der Waals surface area contributed by atoms with Crippen LogP contribution in [0.3, 0.4) is 0 Å². The van der Waals surface area contributed by atoms with E-state index in [1.54, 1.807) is 18.4 Å². The average Bonchev–Trinajstić information content (AvgIpc) is 3.31. The first kappa shape index (κ1) is 16.3. The Bertz CT molecular complexity index is 749. The lowest BCUT2D eigenvalue weighted by atomic mass is 10.0. The second-order valence-electron chi connectivity index (χ2n) is 5.48. The summed E-state index contributed by atoms with van der Waals surface area (Å²) in [5.41, 5.74) is 1.08. The average molecular weight is 340 g/mol. The molecule has 0 radical (unpaired) electrons. The highest BCUT2D eigenvalue weighted by molar-refractivity contribution is 7.09. The summed E-state index contributed by atoms with van der Waals surface area (Å²) in [6.45, 7) is 0.581. The van der Waals surface area contributed by atoms with Crippen molar-refractivity contribution < 1.29 is 9.53 Å². The molecule has 0 saturated carbocycles. The molecule has 4 nitrogen and oxygen atoms in total. The molecule has 0 saturated heterocycles. The molecule has 1 N–H and O–H groups in total. The van der Waals surface area contributed by atoms with Crippen LogP contribution in [0.25, 0.3) is 0 Å². The van der Waals surface area contributed by atoms with Crippen molar-refractivity contribution in [1.29, 1.82) is 0 Å². The van der Waals surface area contributed by atoms with Crippen molar-refractivity contribution in [2.75, 3.05) is 7.11 Å². The van der Waals surface area contributed by atoms with Gasteiger partial charge < -0.3 is 14.6 Å². The van der Waals surface area contributed by atoms with Gasteiger partial charge in [-0.05, 0) is 41.3 Å². The van der Waals surface area contributed by atoms with Gasteiger partial charge in [0.25, 0.3) is 0 Å². The topological polar surface area (TPSA) is 43.3 Å². The zero-order valence-corrected chi connectivity index (χ0v) is 14.3. The first-order valence-corrected chi connectivity index (χ1v) is 8.69. The fourth-order valence-corrected chi connectivity index (χ4v) is 3.27. The summed E-state index contributed by atoms with van der Waals surface area (Å²) in [5.74, 6) is 0.852. The van der Waals surface area contributed by atoms with Crippen LogP contribution in [-0.4, -0.2) is 17.6 Å². The minimum atomic E-state index is -0.0331. The number of amides is 1. The number of thiophene rings is 1. The zero-order valence-electron chi connectivity index (χ0n) is 13.5. The number of carbonyl (C=O) groups is 1. The number of rotatable bonds is 7. The lowest BCUT2D eigenvalue weighted by molar-refractivity contribution is -0.121. The van der Waals surface area contributed by atoms with Crippen LogP contribution in [0.2, 0.25) is 0 Å². The molecule has 0 aliphatic rings. The third kappa shape index (κ3) is 4.06. The smallest absolute Gasteiger partial charge is 0.222 e. The summed E-state index contributed by atoms with van der Waals surface area (Å²) < 4.78 is 7.28. The van der Waals surface area contributed by atoms with E-state index in [1.165, 1.54) is 0 Å². The largest absolute Gasteiger partial charge is 0.497 e. The second kappa shape index (κ2) is 7.84. The number of hydrogen-bond acceptors (Lipinski definition) is 3. The summed E-state index contributed by atoms with van der Waals surface area (Å²) in [7, 11) is 1.65. The third-order valence-corrected chi connectivity index (χ3v) is 4.78. The highest BCUT2D eigenvalue weighted by Crippen LogP contribution is 2.24. The molecule has 24 heavy (non-hydrogen) atoms. The van der Waals surface area contributed by atoms with Crippen LogP contribution >= 0.6 is 11.3 Å². The maximum Gasteiger partial charge on any atom is 0.222 e. The van der Waals surface area contributed by atoms with Crippen LogP contribution in [0.5, 0.6) is 5.75 Å². The highest BCUT2D eigenvalue weighted by Gasteiger charge is 2.17. The van der Waals surface area contributed by atoms with E-state index in [0.717, 1.165) is 16.2 Å². The van der Waals surface area contributed by atoms with Gasteiger partial charge in [-0.2, -0.15) is 0 Å². The maximum atomic E-state index is 12.4. The molecular weight excluding hydrogens is 320 g/mol. The Labute approximate surface area is 145 Å². The molecule has 0 aliphatic carbocycles. The summed E-state index contributed by atoms with van der Waals surface area (Å²) in [4.78, 5) is 13.6. The SMILES string of the molecule is COc1ccc(C(CC(=O)NCc2cccs2)n2cccc2)cc1. The first-order chi connectivity index (χ1) is 11.8. The van der Waals surface area contributed by atoms with Gasteiger partial charge in [-0.25, -0.2) is 0 Å². The van der Waals surface area contributed by atoms with Crippen LogP contribution < -0.4 is 10.1 Å². The fourth-order valence-electron chi connectivity index (χ4n) is 2.62. The summed E-state index contributed by atoms with van der Waals surface area (Å²) in [6, 6.07) is 15.8. The normalized spacial score (nSPS) is 11.9. The molecule has 1 unspecified atom stereocenters. The molecule has 2 aromatic heterocycles. The maximum absolute atomic E-state index is 12.4. The summed E-state index contributed by atoms with van der Waals surface area (Å²) in [6.07, 6.45) is 4.37. The van der Waals surface area contributed by atoms with E-state index >= 15 is 0 Å². The van der Waals surface area contributed by atoms with Crippen molar-refractivity contribution >= 4 is 17.2 Å². The summed E-state index contributed by atoms with van der Waals surface area (Å²) >= 11 is 1.65. The van der Waals surface area contributed by atoms with Crippen molar-refractivity contribution in [2.24, 2.45) is 0 Å². The number of nitrogens with zero attached hydrogens (tertiary/aromatic N) is 1. The molecule has 0 bridgehead atoms. The zero-order chi connectivity index (χ0) is 16.8. The van der Waals surface area contributed by atoms with Gasteiger partial charge in [0.15, 0.2) is 0 Å². The van der Waals surface area contributed by atoms with Crippen LogP contribution in [-0.2, 0) is 11.3 Å². The van der Waals surface area contributed by atoms with Crippen LogP contribution in [0.15, 0.2) is 66.3 Å².